The van der Waals surface area contributed by atoms with Gasteiger partial charge >= 0.3 is 12.1 Å². The minimum absolute atomic E-state index is 0.212. The predicted molar refractivity (Wildman–Crippen MR) is 196 cm³/mol. The van der Waals surface area contributed by atoms with Crippen molar-refractivity contribution in [3.63, 3.8) is 0 Å². The molecule has 12 nitrogen and oxygen atoms in total. The highest BCUT2D eigenvalue weighted by molar-refractivity contribution is 6.07. The maximum Gasteiger partial charge on any atom is 0.324 e. The average Bonchev–Trinajstić information content (AvgIpc) is 3.54. The zero-order valence-corrected chi connectivity index (χ0v) is 29.3. The molecule has 2 aromatic heterocycles. The fourth-order valence-electron chi connectivity index (χ4n) is 5.77. The van der Waals surface area contributed by atoms with Crippen molar-refractivity contribution in [1.82, 2.24) is 19.7 Å². The van der Waals surface area contributed by atoms with Crippen LogP contribution in [-0.4, -0.2) is 82.8 Å². The molecule has 4 amide bonds. The van der Waals surface area contributed by atoms with E-state index in [4.69, 9.17) is 14.7 Å². The van der Waals surface area contributed by atoms with Crippen LogP contribution in [0.3, 0.4) is 0 Å². The van der Waals surface area contributed by atoms with Gasteiger partial charge in [0, 0.05) is 35.5 Å². The number of carbonyl (C=O) groups is 2. The van der Waals surface area contributed by atoms with Gasteiger partial charge in [-0.2, -0.15) is 5.10 Å². The van der Waals surface area contributed by atoms with Gasteiger partial charge in [-0.15, -0.1) is 4.65 Å². The van der Waals surface area contributed by atoms with Gasteiger partial charge in [0.2, 0.25) is 0 Å². The maximum absolute atomic E-state index is 13.5. The molecule has 1 aliphatic rings. The minimum atomic E-state index is -0.388. The summed E-state index contributed by atoms with van der Waals surface area (Å²) in [5, 5.41) is 15.4. The molecule has 6 rings (SSSR count). The van der Waals surface area contributed by atoms with E-state index >= 15 is 0 Å². The normalized spacial score (nSPS) is 14.2. The highest BCUT2D eigenvalue weighted by Crippen LogP contribution is 2.34. The Kier molecular flexibility index (Phi) is 10.0. The summed E-state index contributed by atoms with van der Waals surface area (Å²) in [4.78, 5) is 39.0. The van der Waals surface area contributed by atoms with E-state index in [-0.39, 0.29) is 22.1 Å². The molecule has 3 aromatic carbocycles. The lowest BCUT2D eigenvalue weighted by Crippen LogP contribution is -2.60. The molecule has 0 atom stereocenters. The number of hydrogen-bond acceptors (Lipinski definition) is 6. The van der Waals surface area contributed by atoms with Gasteiger partial charge in [0.05, 0.1) is 36.8 Å². The highest BCUT2D eigenvalue weighted by Gasteiger charge is 2.35. The van der Waals surface area contributed by atoms with Gasteiger partial charge in [0.25, 0.3) is 0 Å². The first-order valence-corrected chi connectivity index (χ1v) is 16.8. The molecule has 3 heterocycles. The number of rotatable bonds is 9. The molecule has 1 fully saturated rings. The average molecular weight is 678 g/mol. The summed E-state index contributed by atoms with van der Waals surface area (Å²) >= 11 is 0. The summed E-state index contributed by atoms with van der Waals surface area (Å²) < 4.78 is 7.75. The second kappa shape index (κ2) is 14.6. The Labute approximate surface area is 292 Å². The Morgan fingerprint density at radius 3 is 2.34 bits per heavy atom. The Balaban J connectivity index is 1.20. The maximum atomic E-state index is 13.5. The van der Waals surface area contributed by atoms with Crippen LogP contribution in [0.2, 0.25) is 0 Å². The number of pyridine rings is 1. The standard InChI is InChI=1S/C38H44N8O4/c1-27-13-15-28(16-14-27)45-35(26-33(43-45)38(2,3)4)42-36(47)40-31-17-18-32(30-11-7-6-10-29(30)31)50-46(22-24-49-25-23-46)21-20-44(5)37(48)41-34-12-8-9-19-39-34/h6-19,26H,20-25H2,1-5H3,(H2-,39,40,41,42,43,47,48)/p+1. The summed E-state index contributed by atoms with van der Waals surface area (Å²) in [6.45, 7) is 11.6. The molecule has 1 aliphatic heterocycles. The number of likely N-dealkylation sites (N-methyl/N-ethyl adjacent to an activating group) is 1. The number of anilines is 3. The van der Waals surface area contributed by atoms with Gasteiger partial charge in [-0.3, -0.25) is 10.6 Å². The van der Waals surface area contributed by atoms with Crippen LogP contribution in [0, 0.1) is 6.92 Å². The van der Waals surface area contributed by atoms with Crippen molar-refractivity contribution < 1.29 is 23.8 Å². The number of nitrogens with one attached hydrogen (secondary N) is 3. The van der Waals surface area contributed by atoms with E-state index in [0.717, 1.165) is 27.7 Å². The Morgan fingerprint density at radius 1 is 0.920 bits per heavy atom. The largest absolute Gasteiger partial charge is 0.369 e. The smallest absolute Gasteiger partial charge is 0.324 e. The van der Waals surface area contributed by atoms with Crippen LogP contribution in [0.25, 0.3) is 16.5 Å². The third-order valence-electron chi connectivity index (χ3n) is 8.80. The highest BCUT2D eigenvalue weighted by atomic mass is 16.7. The molecule has 260 valence electrons. The lowest BCUT2D eigenvalue weighted by atomic mass is 9.92. The number of aryl methyl sites for hydroxylation is 1. The van der Waals surface area contributed by atoms with Crippen molar-refractivity contribution in [2.75, 3.05) is 62.4 Å². The Bertz CT molecular complexity index is 1950. The van der Waals surface area contributed by atoms with Crippen molar-refractivity contribution in [3.8, 4) is 11.4 Å². The third-order valence-corrected chi connectivity index (χ3v) is 8.80. The lowest BCUT2D eigenvalue weighted by molar-refractivity contribution is -1.08. The fraction of sp³-hybridized carbons (Fsp3) is 0.316. The number of amides is 4. The molecular weight excluding hydrogens is 632 g/mol. The van der Waals surface area contributed by atoms with E-state index < -0.39 is 0 Å². The summed E-state index contributed by atoms with van der Waals surface area (Å²) in [7, 11) is 1.76. The zero-order chi connectivity index (χ0) is 35.3. The van der Waals surface area contributed by atoms with Crippen LogP contribution in [-0.2, 0) is 10.2 Å². The fourth-order valence-corrected chi connectivity index (χ4v) is 5.77. The molecule has 3 N–H and O–H groups in total. The van der Waals surface area contributed by atoms with Gasteiger partial charge in [0.15, 0.2) is 5.75 Å². The summed E-state index contributed by atoms with van der Waals surface area (Å²) in [5.41, 5.74) is 3.29. The first-order chi connectivity index (χ1) is 24.0. The second-order valence-electron chi connectivity index (χ2n) is 13.6. The first-order valence-electron chi connectivity index (χ1n) is 16.8. The van der Waals surface area contributed by atoms with E-state index in [0.29, 0.717) is 62.5 Å². The summed E-state index contributed by atoms with van der Waals surface area (Å²) in [5.74, 6) is 1.75. The van der Waals surface area contributed by atoms with E-state index in [1.54, 1.807) is 35.0 Å². The molecule has 0 radical (unpaired) electrons. The zero-order valence-electron chi connectivity index (χ0n) is 29.3. The number of benzene rings is 3. The Morgan fingerprint density at radius 2 is 1.64 bits per heavy atom. The molecule has 0 spiro atoms. The monoisotopic (exact) mass is 677 g/mol. The van der Waals surface area contributed by atoms with E-state index in [9.17, 15) is 9.59 Å². The van der Waals surface area contributed by atoms with Crippen molar-refractivity contribution in [2.24, 2.45) is 0 Å². The molecule has 0 aliphatic carbocycles. The lowest BCUT2D eigenvalue weighted by Gasteiger charge is -2.39. The number of aromatic nitrogens is 3. The van der Waals surface area contributed by atoms with E-state index in [1.807, 2.05) is 79.7 Å². The van der Waals surface area contributed by atoms with Crippen molar-refractivity contribution in [3.05, 3.63) is 102 Å². The van der Waals surface area contributed by atoms with E-state index in [1.165, 1.54) is 0 Å². The summed E-state index contributed by atoms with van der Waals surface area (Å²) in [6, 6.07) is 26.3. The molecular formula is C38H45N8O4+. The minimum Gasteiger partial charge on any atom is -0.369 e. The number of morpholine rings is 1. The number of hydroxylamine groups is 3. The molecule has 0 unspecified atom stereocenters. The Hall–Kier alpha value is -5.46. The van der Waals surface area contributed by atoms with Crippen molar-refractivity contribution >= 4 is 40.2 Å². The SMILES string of the molecule is Cc1ccc(-n2nc(C(C)(C)C)cc2NC(=O)Nc2ccc(O[N+]3(CCN(C)C(=O)Nc4ccccn4)CCOCC3)c3ccccc23)cc1. The quantitative estimate of drug-likeness (QED) is 0.145. The number of quaternary nitrogens is 1. The number of urea groups is 2. The van der Waals surface area contributed by atoms with Gasteiger partial charge in [-0.05, 0) is 43.3 Å². The number of carbonyl (C=O) groups excluding carboxylic acids is 2. The summed E-state index contributed by atoms with van der Waals surface area (Å²) in [6.07, 6.45) is 1.64. The third kappa shape index (κ3) is 8.04. The number of nitrogens with zero attached hydrogens (tertiary/aromatic N) is 5. The second-order valence-corrected chi connectivity index (χ2v) is 13.6. The van der Waals surface area contributed by atoms with Gasteiger partial charge in [-0.1, -0.05) is 68.8 Å². The van der Waals surface area contributed by atoms with Crippen LogP contribution in [0.15, 0.2) is 91.1 Å². The molecule has 50 heavy (non-hydrogen) atoms. The molecule has 12 heteroatoms. The van der Waals surface area contributed by atoms with Crippen LogP contribution in [0.5, 0.6) is 5.75 Å². The number of hydrogen-bond donors (Lipinski definition) is 3. The van der Waals surface area contributed by atoms with Crippen LogP contribution < -0.4 is 20.8 Å². The van der Waals surface area contributed by atoms with E-state index in [2.05, 4.69) is 41.7 Å². The van der Waals surface area contributed by atoms with Crippen LogP contribution in [0.4, 0.5) is 26.9 Å². The number of ether oxygens (including phenoxy) is 1. The predicted octanol–water partition coefficient (Wildman–Crippen LogP) is 6.98. The molecule has 5 aromatic rings. The molecule has 0 saturated carbocycles. The van der Waals surface area contributed by atoms with Crippen LogP contribution >= 0.6 is 0 Å². The van der Waals surface area contributed by atoms with Gasteiger partial charge in [0.1, 0.15) is 31.3 Å². The van der Waals surface area contributed by atoms with Crippen molar-refractivity contribution in [2.45, 2.75) is 33.1 Å². The topological polar surface area (TPSA) is 123 Å². The van der Waals surface area contributed by atoms with Gasteiger partial charge in [-0.25, -0.2) is 19.3 Å². The van der Waals surface area contributed by atoms with Crippen molar-refractivity contribution in [1.29, 1.82) is 0 Å². The van der Waals surface area contributed by atoms with Gasteiger partial charge < -0.3 is 19.8 Å². The molecule has 0 bridgehead atoms. The first kappa shape index (κ1) is 34.4. The number of fused-ring (bicyclic) bond motifs is 1. The molecule has 1 saturated heterocycles. The van der Waals surface area contributed by atoms with Crippen LogP contribution in [0.1, 0.15) is 32.0 Å².